The molecule has 1 heterocycles. The van der Waals surface area contributed by atoms with Crippen molar-refractivity contribution in [1.29, 1.82) is 0 Å². The van der Waals surface area contributed by atoms with Crippen molar-refractivity contribution in [3.05, 3.63) is 23.0 Å². The molecule has 1 saturated carbocycles. The Morgan fingerprint density at radius 2 is 2.26 bits per heavy atom. The molecule has 19 heavy (non-hydrogen) atoms. The first-order valence-corrected chi connectivity index (χ1v) is 6.65. The summed E-state index contributed by atoms with van der Waals surface area (Å²) in [5.74, 6) is -0.0760. The molecule has 2 N–H and O–H groups in total. The molecule has 1 aliphatic carbocycles. The van der Waals surface area contributed by atoms with Crippen LogP contribution in [0.3, 0.4) is 0 Å². The summed E-state index contributed by atoms with van der Waals surface area (Å²) in [5.41, 5.74) is 7.27. The van der Waals surface area contributed by atoms with Crippen LogP contribution in [0, 0.1) is 5.82 Å². The molecular weight excluding hydrogens is 269 g/mol. The molecule has 1 aromatic heterocycles. The number of nitrogens with zero attached hydrogens (tertiary/aromatic N) is 2. The molecule has 1 aromatic carbocycles. The van der Waals surface area contributed by atoms with Crippen LogP contribution in [0.25, 0.3) is 11.0 Å². The van der Waals surface area contributed by atoms with Gasteiger partial charge in [-0.05, 0) is 25.3 Å². The van der Waals surface area contributed by atoms with E-state index in [0.29, 0.717) is 17.0 Å². The fraction of sp³-hybridized carbons (Fsp3) is 0.462. The fourth-order valence-electron chi connectivity index (χ4n) is 2.93. The van der Waals surface area contributed by atoms with Gasteiger partial charge in [0.25, 0.3) is 0 Å². The first-order chi connectivity index (χ1) is 9.11. The molecule has 0 spiro atoms. The standard InChI is InChI=1S/C13H15ClFN3O/c1-19-12-4-2-3-10(12)18-11-6-8(15)7(14)5-9(11)17-13(18)16/h5-6,10,12H,2-4H2,1H3,(H2,16,17). The number of nitrogens with two attached hydrogens (primary N) is 1. The number of benzene rings is 1. The Balaban J connectivity index is 2.17. The van der Waals surface area contributed by atoms with E-state index < -0.39 is 5.82 Å². The van der Waals surface area contributed by atoms with Crippen molar-refractivity contribution in [2.45, 2.75) is 31.4 Å². The van der Waals surface area contributed by atoms with Crippen LogP contribution in [-0.4, -0.2) is 22.8 Å². The second kappa shape index (κ2) is 4.65. The number of aromatic nitrogens is 2. The lowest BCUT2D eigenvalue weighted by Gasteiger charge is -2.21. The van der Waals surface area contributed by atoms with Gasteiger partial charge in [-0.25, -0.2) is 9.37 Å². The summed E-state index contributed by atoms with van der Waals surface area (Å²) in [4.78, 5) is 4.26. The van der Waals surface area contributed by atoms with Crippen molar-refractivity contribution in [3.63, 3.8) is 0 Å². The van der Waals surface area contributed by atoms with Gasteiger partial charge in [-0.1, -0.05) is 11.6 Å². The number of hydrogen-bond donors (Lipinski definition) is 1. The van der Waals surface area contributed by atoms with Gasteiger partial charge in [0.15, 0.2) is 0 Å². The summed E-state index contributed by atoms with van der Waals surface area (Å²) in [5, 5.41) is 0.0619. The molecule has 0 radical (unpaired) electrons. The number of imidazole rings is 1. The summed E-state index contributed by atoms with van der Waals surface area (Å²) in [6.07, 6.45) is 3.10. The minimum atomic E-state index is -0.456. The molecular formula is C13H15ClFN3O. The van der Waals surface area contributed by atoms with Crippen molar-refractivity contribution in [1.82, 2.24) is 9.55 Å². The van der Waals surface area contributed by atoms with Gasteiger partial charge in [-0.2, -0.15) is 0 Å². The van der Waals surface area contributed by atoms with Crippen LogP contribution in [0.1, 0.15) is 25.3 Å². The number of halogens is 2. The van der Waals surface area contributed by atoms with Crippen LogP contribution in [0.5, 0.6) is 0 Å². The molecule has 4 nitrogen and oxygen atoms in total. The number of ether oxygens (including phenoxy) is 1. The number of hydrogen-bond acceptors (Lipinski definition) is 3. The third-order valence-corrected chi connectivity index (χ3v) is 4.10. The van der Waals surface area contributed by atoms with Crippen LogP contribution >= 0.6 is 11.6 Å². The zero-order valence-corrected chi connectivity index (χ0v) is 11.3. The zero-order chi connectivity index (χ0) is 13.6. The van der Waals surface area contributed by atoms with Crippen molar-refractivity contribution in [2.75, 3.05) is 12.8 Å². The van der Waals surface area contributed by atoms with Gasteiger partial charge in [-0.3, -0.25) is 0 Å². The predicted octanol–water partition coefficient (Wildman–Crippen LogP) is 3.15. The van der Waals surface area contributed by atoms with E-state index in [4.69, 9.17) is 22.1 Å². The van der Waals surface area contributed by atoms with E-state index in [2.05, 4.69) is 4.98 Å². The minimum absolute atomic E-state index is 0.0619. The van der Waals surface area contributed by atoms with Gasteiger partial charge in [0.2, 0.25) is 5.95 Å². The van der Waals surface area contributed by atoms with Crippen molar-refractivity contribution in [2.24, 2.45) is 0 Å². The van der Waals surface area contributed by atoms with Crippen LogP contribution in [0.2, 0.25) is 5.02 Å². The molecule has 2 aromatic rings. The van der Waals surface area contributed by atoms with Crippen molar-refractivity contribution >= 4 is 28.6 Å². The molecule has 2 atom stereocenters. The number of nitrogen functional groups attached to an aromatic ring is 1. The van der Waals surface area contributed by atoms with Gasteiger partial charge in [0.05, 0.1) is 28.2 Å². The van der Waals surface area contributed by atoms with Crippen molar-refractivity contribution in [3.8, 4) is 0 Å². The SMILES string of the molecule is COC1CCCC1n1c(N)nc2cc(Cl)c(F)cc21. The summed E-state index contributed by atoms with van der Waals surface area (Å²) in [6.45, 7) is 0. The van der Waals surface area contributed by atoms with E-state index in [1.165, 1.54) is 12.1 Å². The van der Waals surface area contributed by atoms with Gasteiger partial charge < -0.3 is 15.0 Å². The van der Waals surface area contributed by atoms with Crippen LogP contribution in [-0.2, 0) is 4.74 Å². The van der Waals surface area contributed by atoms with E-state index in [9.17, 15) is 4.39 Å². The van der Waals surface area contributed by atoms with Gasteiger partial charge in [0, 0.05) is 13.2 Å². The average Bonchev–Trinajstić information content (AvgIpc) is 2.93. The minimum Gasteiger partial charge on any atom is -0.379 e. The highest BCUT2D eigenvalue weighted by atomic mass is 35.5. The van der Waals surface area contributed by atoms with E-state index in [1.807, 2.05) is 4.57 Å². The second-order valence-corrected chi connectivity index (χ2v) is 5.27. The summed E-state index contributed by atoms with van der Waals surface area (Å²) in [7, 11) is 1.69. The normalized spacial score (nSPS) is 23.3. The summed E-state index contributed by atoms with van der Waals surface area (Å²) >= 11 is 5.78. The molecule has 0 bridgehead atoms. The Morgan fingerprint density at radius 3 is 3.00 bits per heavy atom. The van der Waals surface area contributed by atoms with Crippen LogP contribution in [0.15, 0.2) is 12.1 Å². The number of anilines is 1. The zero-order valence-electron chi connectivity index (χ0n) is 10.6. The monoisotopic (exact) mass is 283 g/mol. The lowest BCUT2D eigenvalue weighted by Crippen LogP contribution is -2.21. The number of methoxy groups -OCH3 is 1. The number of fused-ring (bicyclic) bond motifs is 1. The molecule has 102 valence electrons. The smallest absolute Gasteiger partial charge is 0.201 e. The van der Waals surface area contributed by atoms with Gasteiger partial charge >= 0.3 is 0 Å². The molecule has 1 fully saturated rings. The molecule has 0 aliphatic heterocycles. The third-order valence-electron chi connectivity index (χ3n) is 3.81. The average molecular weight is 284 g/mol. The third kappa shape index (κ3) is 1.97. The van der Waals surface area contributed by atoms with E-state index in [-0.39, 0.29) is 17.2 Å². The maximum absolute atomic E-state index is 13.7. The van der Waals surface area contributed by atoms with Gasteiger partial charge in [-0.15, -0.1) is 0 Å². The highest BCUT2D eigenvalue weighted by Crippen LogP contribution is 2.37. The molecule has 0 saturated heterocycles. The largest absolute Gasteiger partial charge is 0.379 e. The Labute approximate surface area is 115 Å². The first kappa shape index (κ1) is 12.7. The lowest BCUT2D eigenvalue weighted by atomic mass is 10.2. The quantitative estimate of drug-likeness (QED) is 0.921. The van der Waals surface area contributed by atoms with Crippen LogP contribution in [0.4, 0.5) is 10.3 Å². The maximum Gasteiger partial charge on any atom is 0.201 e. The fourth-order valence-corrected chi connectivity index (χ4v) is 3.09. The first-order valence-electron chi connectivity index (χ1n) is 6.27. The topological polar surface area (TPSA) is 53.1 Å². The summed E-state index contributed by atoms with van der Waals surface area (Å²) in [6, 6.07) is 3.01. The Bertz CT molecular complexity index is 628. The lowest BCUT2D eigenvalue weighted by molar-refractivity contribution is 0.0768. The Morgan fingerprint density at radius 1 is 1.47 bits per heavy atom. The Hall–Kier alpha value is -1.33. The molecule has 1 aliphatic rings. The van der Waals surface area contributed by atoms with Crippen molar-refractivity contribution < 1.29 is 9.13 Å². The maximum atomic E-state index is 13.7. The summed E-state index contributed by atoms with van der Waals surface area (Å²) < 4.78 is 21.0. The second-order valence-electron chi connectivity index (χ2n) is 4.87. The molecule has 6 heteroatoms. The molecule has 0 amide bonds. The van der Waals surface area contributed by atoms with E-state index in [1.54, 1.807) is 7.11 Å². The highest BCUT2D eigenvalue weighted by molar-refractivity contribution is 6.31. The number of rotatable bonds is 2. The van der Waals surface area contributed by atoms with E-state index in [0.717, 1.165) is 19.3 Å². The highest BCUT2D eigenvalue weighted by Gasteiger charge is 2.31. The predicted molar refractivity (Wildman–Crippen MR) is 72.8 cm³/mol. The van der Waals surface area contributed by atoms with E-state index >= 15 is 0 Å². The molecule has 2 unspecified atom stereocenters. The van der Waals surface area contributed by atoms with Gasteiger partial charge in [0.1, 0.15) is 5.82 Å². The molecule has 3 rings (SSSR count). The van der Waals surface area contributed by atoms with Crippen LogP contribution < -0.4 is 5.73 Å². The Kier molecular flexibility index (Phi) is 3.11.